The second-order valence-electron chi connectivity index (χ2n) is 11.5. The van der Waals surface area contributed by atoms with Crippen LogP contribution >= 0.6 is 22.7 Å². The third kappa shape index (κ3) is 6.51. The third-order valence-electron chi connectivity index (χ3n) is 8.35. The molecular formula is C34H32F3N5O2S2+2. The SMILES string of the molecule is O=C(NC(c1cc2ccccc2s1)C(F)(F)F)c1cc(-c2c[nH][n+]3cc(-c4ccc(OCC[NH+]5CCCCC5)cc4)cnc23)cs1. The van der Waals surface area contributed by atoms with Crippen molar-refractivity contribution in [1.82, 2.24) is 15.4 Å². The number of halogens is 3. The Balaban J connectivity index is 1.03. The molecule has 0 radical (unpaired) electrons. The number of aromatic nitrogens is 3. The van der Waals surface area contributed by atoms with Gasteiger partial charge in [-0.1, -0.05) is 30.3 Å². The number of nitrogens with one attached hydrogen (secondary N) is 3. The van der Waals surface area contributed by atoms with Gasteiger partial charge in [-0.05, 0) is 70.9 Å². The van der Waals surface area contributed by atoms with E-state index in [4.69, 9.17) is 4.74 Å². The Morgan fingerprint density at radius 2 is 1.85 bits per heavy atom. The fourth-order valence-electron chi connectivity index (χ4n) is 5.90. The molecule has 1 aliphatic rings. The molecule has 5 heterocycles. The number of aromatic amines is 1. The molecule has 1 atom stereocenters. The molecule has 46 heavy (non-hydrogen) atoms. The maximum atomic E-state index is 14.1. The molecule has 1 amide bonds. The average Bonchev–Trinajstić information content (AvgIpc) is 3.82. The quantitative estimate of drug-likeness (QED) is 0.161. The van der Waals surface area contributed by atoms with Crippen LogP contribution in [-0.2, 0) is 0 Å². The van der Waals surface area contributed by atoms with Crippen molar-refractivity contribution in [1.29, 1.82) is 0 Å². The predicted octanol–water partition coefficient (Wildman–Crippen LogP) is 6.24. The molecule has 4 aromatic heterocycles. The number of alkyl halides is 3. The minimum atomic E-state index is -4.65. The van der Waals surface area contributed by atoms with Gasteiger partial charge >= 0.3 is 11.8 Å². The number of carbonyl (C=O) groups is 1. The van der Waals surface area contributed by atoms with Crippen molar-refractivity contribution in [3.63, 3.8) is 0 Å². The molecule has 2 aromatic carbocycles. The van der Waals surface area contributed by atoms with Crippen LogP contribution in [-0.4, -0.2) is 48.4 Å². The van der Waals surface area contributed by atoms with E-state index >= 15 is 0 Å². The van der Waals surface area contributed by atoms with Gasteiger partial charge in [0.15, 0.2) is 12.2 Å². The Kier molecular flexibility index (Phi) is 8.50. The molecular weight excluding hydrogens is 632 g/mol. The van der Waals surface area contributed by atoms with Crippen molar-refractivity contribution in [2.75, 3.05) is 26.2 Å². The first-order valence-electron chi connectivity index (χ1n) is 15.2. The van der Waals surface area contributed by atoms with Crippen molar-refractivity contribution < 1.29 is 32.1 Å². The minimum Gasteiger partial charge on any atom is -0.488 e. The van der Waals surface area contributed by atoms with Crippen LogP contribution in [0.25, 0.3) is 38.0 Å². The second kappa shape index (κ2) is 12.9. The van der Waals surface area contributed by atoms with Crippen LogP contribution in [0.1, 0.15) is 39.9 Å². The maximum Gasteiger partial charge on any atom is 0.413 e. The molecule has 1 unspecified atom stereocenters. The van der Waals surface area contributed by atoms with Crippen LogP contribution in [0.3, 0.4) is 0 Å². The Bertz CT molecular complexity index is 1940. The topological polar surface area (TPSA) is 75.5 Å². The van der Waals surface area contributed by atoms with Gasteiger partial charge in [-0.15, -0.1) is 27.2 Å². The Hall–Kier alpha value is -4.26. The van der Waals surface area contributed by atoms with Crippen molar-refractivity contribution in [3.8, 4) is 28.0 Å². The molecule has 7 rings (SSSR count). The predicted molar refractivity (Wildman–Crippen MR) is 173 cm³/mol. The van der Waals surface area contributed by atoms with Gasteiger partial charge in [-0.25, -0.2) is 5.10 Å². The smallest absolute Gasteiger partial charge is 0.413 e. The molecule has 0 bridgehead atoms. The molecule has 6 aromatic rings. The summed E-state index contributed by atoms with van der Waals surface area (Å²) in [7, 11) is 0. The first-order chi connectivity index (χ1) is 22.3. The van der Waals surface area contributed by atoms with Gasteiger partial charge in [0.1, 0.15) is 25.1 Å². The summed E-state index contributed by atoms with van der Waals surface area (Å²) < 4.78 is 50.7. The number of hydrogen-bond acceptors (Lipinski definition) is 5. The van der Waals surface area contributed by atoms with Crippen molar-refractivity contribution in [2.45, 2.75) is 31.5 Å². The highest BCUT2D eigenvalue weighted by atomic mass is 32.1. The highest BCUT2D eigenvalue weighted by Crippen LogP contribution is 2.39. The summed E-state index contributed by atoms with van der Waals surface area (Å²) in [5, 5.41) is 7.86. The second-order valence-corrected chi connectivity index (χ2v) is 13.5. The Morgan fingerprint density at radius 1 is 1.04 bits per heavy atom. The van der Waals surface area contributed by atoms with E-state index < -0.39 is 18.1 Å². The summed E-state index contributed by atoms with van der Waals surface area (Å²) in [6, 6.07) is 16.0. The zero-order valence-corrected chi connectivity index (χ0v) is 26.4. The van der Waals surface area contributed by atoms with Crippen molar-refractivity contribution >= 4 is 44.3 Å². The number of quaternary nitrogens is 1. The Labute approximate surface area is 271 Å². The number of hydrogen-bond donors (Lipinski definition) is 3. The minimum absolute atomic E-state index is 0.0442. The van der Waals surface area contributed by atoms with Crippen LogP contribution in [0.15, 0.2) is 84.6 Å². The average molecular weight is 664 g/mol. The lowest BCUT2D eigenvalue weighted by atomic mass is 10.1. The number of piperidine rings is 1. The zero-order chi connectivity index (χ0) is 31.7. The van der Waals surface area contributed by atoms with E-state index in [0.717, 1.165) is 56.4 Å². The lowest BCUT2D eigenvalue weighted by Gasteiger charge is -2.23. The standard InChI is InChI=1S/C34H30F3N5O2S2/c35-34(36,37)31(29-16-23-6-2-3-7-28(23)46-29)40-33(43)30-17-24(21-45-30)27-19-39-42-20-25(18-38-32(27)42)22-8-10-26(11-9-22)44-15-14-41-12-4-1-5-13-41/h2-3,6-11,16-21,31H,1,4-5,12-15H2,(H,40,43)/p+2. The summed E-state index contributed by atoms with van der Waals surface area (Å²) >= 11 is 2.12. The summed E-state index contributed by atoms with van der Waals surface area (Å²) in [5.74, 6) is 0.0608. The van der Waals surface area contributed by atoms with Gasteiger partial charge in [0.05, 0.1) is 35.3 Å². The first-order valence-corrected chi connectivity index (χ1v) is 16.9. The zero-order valence-electron chi connectivity index (χ0n) is 24.8. The number of H-pyrrole nitrogens is 1. The van der Waals surface area contributed by atoms with E-state index in [2.05, 4.69) is 15.4 Å². The van der Waals surface area contributed by atoms with Gasteiger partial charge in [-0.3, -0.25) is 4.79 Å². The van der Waals surface area contributed by atoms with Crippen LogP contribution in [0, 0.1) is 0 Å². The number of fused-ring (bicyclic) bond motifs is 2. The summed E-state index contributed by atoms with van der Waals surface area (Å²) in [5.41, 5.74) is 3.94. The highest BCUT2D eigenvalue weighted by molar-refractivity contribution is 7.19. The molecule has 3 N–H and O–H groups in total. The maximum absolute atomic E-state index is 14.1. The van der Waals surface area contributed by atoms with Crippen LogP contribution < -0.4 is 19.5 Å². The normalized spacial score (nSPS) is 14.9. The van der Waals surface area contributed by atoms with Crippen LogP contribution in [0.5, 0.6) is 5.75 Å². The fraction of sp³-hybridized carbons (Fsp3) is 0.265. The third-order valence-corrected chi connectivity index (χ3v) is 10.5. The van der Waals surface area contributed by atoms with Crippen LogP contribution in [0.4, 0.5) is 13.2 Å². The molecule has 236 valence electrons. The van der Waals surface area contributed by atoms with Gasteiger partial charge in [0.25, 0.3) is 5.91 Å². The molecule has 0 spiro atoms. The summed E-state index contributed by atoms with van der Waals surface area (Å²) in [4.78, 5) is 19.6. The number of thiophene rings is 2. The molecule has 1 saturated heterocycles. The molecule has 7 nitrogen and oxygen atoms in total. The van der Waals surface area contributed by atoms with E-state index in [0.29, 0.717) is 23.2 Å². The molecule has 1 fully saturated rings. The van der Waals surface area contributed by atoms with Gasteiger partial charge in [-0.2, -0.15) is 13.2 Å². The highest BCUT2D eigenvalue weighted by Gasteiger charge is 2.43. The van der Waals surface area contributed by atoms with Gasteiger partial charge in [0.2, 0.25) is 0 Å². The molecule has 0 saturated carbocycles. The number of ether oxygens (including phenoxy) is 1. The molecule has 1 aliphatic heterocycles. The lowest BCUT2D eigenvalue weighted by Crippen LogP contribution is -3.13. The number of rotatable bonds is 9. The van der Waals surface area contributed by atoms with Crippen molar-refractivity contribution in [3.05, 3.63) is 94.4 Å². The fourth-order valence-corrected chi connectivity index (χ4v) is 7.85. The lowest BCUT2D eigenvalue weighted by molar-refractivity contribution is -0.904. The number of benzene rings is 2. The Morgan fingerprint density at radius 3 is 2.63 bits per heavy atom. The van der Waals surface area contributed by atoms with E-state index in [9.17, 15) is 18.0 Å². The van der Waals surface area contributed by atoms with Crippen molar-refractivity contribution in [2.24, 2.45) is 0 Å². The van der Waals surface area contributed by atoms with Crippen LogP contribution in [0.2, 0.25) is 0 Å². The molecule has 0 aliphatic carbocycles. The number of nitrogens with zero attached hydrogens (tertiary/aromatic N) is 2. The number of carbonyl (C=O) groups excluding carboxylic acids is 1. The van der Waals surface area contributed by atoms with E-state index in [1.807, 2.05) is 30.5 Å². The van der Waals surface area contributed by atoms with Gasteiger partial charge < -0.3 is 15.0 Å². The summed E-state index contributed by atoms with van der Waals surface area (Å²) in [6.45, 7) is 4.18. The first kappa shape index (κ1) is 30.4. The van der Waals surface area contributed by atoms with E-state index in [1.54, 1.807) is 57.5 Å². The monoisotopic (exact) mass is 663 g/mol. The number of amides is 1. The largest absolute Gasteiger partial charge is 0.488 e. The van der Waals surface area contributed by atoms with Gasteiger partial charge in [0, 0.05) is 15.1 Å². The molecule has 12 heteroatoms. The summed E-state index contributed by atoms with van der Waals surface area (Å²) in [6.07, 6.45) is 4.77. The van der Waals surface area contributed by atoms with E-state index in [-0.39, 0.29) is 9.75 Å². The van der Waals surface area contributed by atoms with E-state index in [1.165, 1.54) is 38.4 Å². The number of likely N-dealkylation sites (tertiary alicyclic amines) is 1.